The molecule has 0 aromatic heterocycles. The highest BCUT2D eigenvalue weighted by Crippen LogP contribution is 2.90. The van der Waals surface area contributed by atoms with Crippen LogP contribution in [0.4, 0.5) is 0 Å². The normalized spacial score (nSPS) is 62.9. The lowest BCUT2D eigenvalue weighted by molar-refractivity contribution is -0.919. The molecule has 0 N–H and O–H groups in total. The first-order chi connectivity index (χ1) is 10.2. The van der Waals surface area contributed by atoms with Crippen molar-refractivity contribution in [3.63, 3.8) is 0 Å². The van der Waals surface area contributed by atoms with Gasteiger partial charge in [0.15, 0.2) is 12.1 Å². The molecule has 0 amide bonds. The molecule has 3 aliphatic heterocycles. The summed E-state index contributed by atoms with van der Waals surface area (Å²) in [7, 11) is 0. The van der Waals surface area contributed by atoms with Gasteiger partial charge in [0.2, 0.25) is 0 Å². The van der Waals surface area contributed by atoms with Crippen molar-refractivity contribution in [2.75, 3.05) is 0 Å². The monoisotopic (exact) mass is 278 g/mol. The summed E-state index contributed by atoms with van der Waals surface area (Å²) in [6.45, 7) is 7.25. The average Bonchev–Trinajstić information content (AvgIpc) is 2.66. The van der Waals surface area contributed by atoms with Crippen LogP contribution in [0.5, 0.6) is 0 Å². The SMILES string of the molecule is CCC12C=C(C)CC1[C@H]1[C@@H]2C2C3C4C5=C(C)CCC5=C4[N+]321. The quantitative estimate of drug-likeness (QED) is 0.387. The molecule has 3 saturated heterocycles. The van der Waals surface area contributed by atoms with Crippen molar-refractivity contribution in [3.8, 4) is 0 Å². The van der Waals surface area contributed by atoms with E-state index in [-0.39, 0.29) is 0 Å². The van der Waals surface area contributed by atoms with Crippen molar-refractivity contribution < 1.29 is 4.48 Å². The van der Waals surface area contributed by atoms with Crippen molar-refractivity contribution in [1.29, 1.82) is 0 Å². The first kappa shape index (κ1) is 10.8. The van der Waals surface area contributed by atoms with E-state index in [0.717, 1.165) is 35.9 Å². The summed E-state index contributed by atoms with van der Waals surface area (Å²) < 4.78 is 1.55. The van der Waals surface area contributed by atoms with Gasteiger partial charge in [-0.1, -0.05) is 24.1 Å². The van der Waals surface area contributed by atoms with E-state index in [1.54, 1.807) is 15.6 Å². The number of hydrogen-bond acceptors (Lipinski definition) is 0. The average molecular weight is 278 g/mol. The maximum Gasteiger partial charge on any atom is 0.164 e. The fraction of sp³-hybridized carbons (Fsp3) is 0.700. The third-order valence-electron chi connectivity index (χ3n) is 9.08. The summed E-state index contributed by atoms with van der Waals surface area (Å²) >= 11 is 0. The number of fused-ring (bicyclic) bond motifs is 10. The van der Waals surface area contributed by atoms with Crippen LogP contribution in [0.25, 0.3) is 0 Å². The fourth-order valence-corrected chi connectivity index (χ4v) is 8.71. The van der Waals surface area contributed by atoms with E-state index in [2.05, 4.69) is 26.8 Å². The van der Waals surface area contributed by atoms with Crippen LogP contribution >= 0.6 is 0 Å². The smallest absolute Gasteiger partial charge is 0.164 e. The summed E-state index contributed by atoms with van der Waals surface area (Å²) in [5, 5.41) is 0. The Bertz CT molecular complexity index is 752. The van der Waals surface area contributed by atoms with Crippen LogP contribution in [-0.4, -0.2) is 22.6 Å². The molecular formula is C20H24N+. The number of piperidine rings is 1. The molecule has 3 heterocycles. The van der Waals surface area contributed by atoms with Gasteiger partial charge in [0.1, 0.15) is 17.7 Å². The summed E-state index contributed by atoms with van der Waals surface area (Å²) in [5.74, 6) is 3.03. The van der Waals surface area contributed by atoms with E-state index in [9.17, 15) is 0 Å². The number of nitrogens with zero attached hydrogens (tertiary/aromatic N) is 1. The van der Waals surface area contributed by atoms with Crippen molar-refractivity contribution in [2.24, 2.45) is 23.2 Å². The van der Waals surface area contributed by atoms with Gasteiger partial charge in [0.25, 0.3) is 0 Å². The Hall–Kier alpha value is -0.820. The lowest BCUT2D eigenvalue weighted by atomic mass is 9.45. The van der Waals surface area contributed by atoms with Crippen LogP contribution < -0.4 is 0 Å². The van der Waals surface area contributed by atoms with Crippen LogP contribution in [0, 0.1) is 23.2 Å². The second-order valence-corrected chi connectivity index (χ2v) is 9.13. The summed E-state index contributed by atoms with van der Waals surface area (Å²) in [5.41, 5.74) is 9.77. The highest BCUT2D eigenvalue weighted by molar-refractivity contribution is 5.64. The molecule has 4 aliphatic carbocycles. The molecule has 0 radical (unpaired) electrons. The van der Waals surface area contributed by atoms with Crippen molar-refractivity contribution in [3.05, 3.63) is 34.1 Å². The molecule has 0 aromatic rings. The maximum atomic E-state index is 2.72. The van der Waals surface area contributed by atoms with Gasteiger partial charge in [-0.25, -0.2) is 0 Å². The number of quaternary nitrogens is 1. The van der Waals surface area contributed by atoms with Crippen molar-refractivity contribution in [1.82, 2.24) is 0 Å². The van der Waals surface area contributed by atoms with Gasteiger partial charge in [-0.3, -0.25) is 4.48 Å². The van der Waals surface area contributed by atoms with Crippen LogP contribution in [-0.2, 0) is 0 Å². The zero-order chi connectivity index (χ0) is 13.9. The minimum atomic E-state index is 0.642. The third kappa shape index (κ3) is 0.696. The molecule has 0 aromatic carbocycles. The molecule has 4 fully saturated rings. The molecule has 1 heteroatoms. The molecule has 1 spiro atoms. The van der Waals surface area contributed by atoms with Gasteiger partial charge >= 0.3 is 0 Å². The maximum absolute atomic E-state index is 2.72. The topological polar surface area (TPSA) is 0 Å². The Morgan fingerprint density at radius 1 is 1.19 bits per heavy atom. The molecule has 8 atom stereocenters. The lowest BCUT2D eigenvalue weighted by Crippen LogP contribution is -2.78. The van der Waals surface area contributed by atoms with E-state index in [4.69, 9.17) is 0 Å². The van der Waals surface area contributed by atoms with Gasteiger partial charge in [0.05, 0.1) is 5.92 Å². The molecule has 7 rings (SSSR count). The van der Waals surface area contributed by atoms with E-state index >= 15 is 0 Å². The largest absolute Gasteiger partial charge is 0.274 e. The zero-order valence-electron chi connectivity index (χ0n) is 13.3. The summed E-state index contributed by atoms with van der Waals surface area (Å²) in [6, 6.07) is 3.17. The Labute approximate surface area is 127 Å². The molecule has 7 aliphatic rings. The Kier molecular flexibility index (Phi) is 1.35. The van der Waals surface area contributed by atoms with Crippen molar-refractivity contribution >= 4 is 0 Å². The van der Waals surface area contributed by atoms with Gasteiger partial charge < -0.3 is 0 Å². The van der Waals surface area contributed by atoms with Crippen LogP contribution in [0.2, 0.25) is 0 Å². The Morgan fingerprint density at radius 2 is 2.05 bits per heavy atom. The van der Waals surface area contributed by atoms with Gasteiger partial charge in [-0.2, -0.15) is 0 Å². The van der Waals surface area contributed by atoms with Gasteiger partial charge in [0, 0.05) is 16.9 Å². The zero-order valence-corrected chi connectivity index (χ0v) is 13.3. The summed E-state index contributed by atoms with van der Waals surface area (Å²) in [4.78, 5) is 0. The molecule has 1 nitrogen and oxygen atoms in total. The lowest BCUT2D eigenvalue weighted by Gasteiger charge is -2.68. The van der Waals surface area contributed by atoms with E-state index in [1.807, 2.05) is 16.8 Å². The van der Waals surface area contributed by atoms with E-state index in [1.165, 1.54) is 25.7 Å². The third-order valence-corrected chi connectivity index (χ3v) is 9.08. The standard InChI is InChI=1S/C20H24N/c1-4-20-8-9(2)7-12(20)17-15(20)19-18-14-13-10(3)5-6-11(13)16(14)21(17,18)19/h8,12,14-15,17-19H,4-7H2,1-3H3/q+1/t12?,14?,15-,17+,18?,19?,20?,21?/m1/s1. The second kappa shape index (κ2) is 2.62. The fourth-order valence-electron chi connectivity index (χ4n) is 8.71. The molecule has 6 unspecified atom stereocenters. The van der Waals surface area contributed by atoms with Gasteiger partial charge in [-0.15, -0.1) is 0 Å². The first-order valence-electron chi connectivity index (χ1n) is 9.18. The predicted octanol–water partition coefficient (Wildman–Crippen LogP) is 3.94. The van der Waals surface area contributed by atoms with Crippen LogP contribution in [0.1, 0.15) is 46.5 Å². The first-order valence-corrected chi connectivity index (χ1v) is 9.18. The van der Waals surface area contributed by atoms with Crippen molar-refractivity contribution in [2.45, 2.75) is 64.6 Å². The van der Waals surface area contributed by atoms with Gasteiger partial charge in [-0.05, 0) is 45.1 Å². The Balaban J connectivity index is 1.36. The molecule has 1 saturated carbocycles. The van der Waals surface area contributed by atoms with Crippen LogP contribution in [0.15, 0.2) is 34.1 Å². The minimum absolute atomic E-state index is 0.642. The molecular weight excluding hydrogens is 254 g/mol. The molecule has 21 heavy (non-hydrogen) atoms. The highest BCUT2D eigenvalue weighted by atomic mass is 15.7. The second-order valence-electron chi connectivity index (χ2n) is 9.13. The Morgan fingerprint density at radius 3 is 2.86 bits per heavy atom. The predicted molar refractivity (Wildman–Crippen MR) is 82.2 cm³/mol. The molecule has 0 bridgehead atoms. The van der Waals surface area contributed by atoms with E-state index < -0.39 is 0 Å². The number of allylic oxidation sites excluding steroid dienone is 4. The van der Waals surface area contributed by atoms with Crippen LogP contribution in [0.3, 0.4) is 0 Å². The van der Waals surface area contributed by atoms with E-state index in [0.29, 0.717) is 5.41 Å². The molecule has 108 valence electrons. The minimum Gasteiger partial charge on any atom is -0.274 e. The highest BCUT2D eigenvalue weighted by Gasteiger charge is 3.03. The number of rotatable bonds is 1. The summed E-state index contributed by atoms with van der Waals surface area (Å²) in [6.07, 6.45) is 8.31. The number of hydrogen-bond donors (Lipinski definition) is 0.